The Balaban J connectivity index is 3.20. The molecule has 3 unspecified atom stereocenters. The topological polar surface area (TPSA) is 135 Å². The summed E-state index contributed by atoms with van der Waals surface area (Å²) in [5.41, 5.74) is -2.39. The van der Waals surface area contributed by atoms with E-state index in [1.807, 2.05) is 0 Å². The number of rotatable bonds is 6. The van der Waals surface area contributed by atoms with Crippen LogP contribution in [0, 0.1) is 0 Å². The summed E-state index contributed by atoms with van der Waals surface area (Å²) in [6, 6.07) is 7.25. The highest BCUT2D eigenvalue weighted by molar-refractivity contribution is 5.74. The molecule has 7 heteroatoms. The second-order valence-corrected chi connectivity index (χ2v) is 4.09. The summed E-state index contributed by atoms with van der Waals surface area (Å²) < 4.78 is 0. The number of hydrogen-bond donors (Lipinski definition) is 5. The molecule has 0 saturated heterocycles. The normalized spacial score (nSPS) is 17.2. The summed E-state index contributed by atoms with van der Waals surface area (Å²) in [5.74, 6) is -3.20. The van der Waals surface area contributed by atoms with Crippen LogP contribution in [0.5, 0.6) is 0 Å². The molecule has 1 aromatic rings. The number of carboxylic acid groups (broad SMARTS) is 2. The third-order valence-electron chi connectivity index (χ3n) is 2.74. The number of hydrogen-bond acceptors (Lipinski definition) is 5. The Bertz CT molecular complexity index is 458. The Morgan fingerprint density at radius 2 is 1.63 bits per heavy atom. The standard InChI is InChI=1S/C12H14O7/c13-8(14)6-12(19,7-4-2-1-3-5-7)10(16)9(15)11(17)18/h1-5,9-10,15-16,19H,6H2,(H,13,14)(H,17,18). The van der Waals surface area contributed by atoms with Crippen LogP contribution in [0.2, 0.25) is 0 Å². The van der Waals surface area contributed by atoms with Crippen LogP contribution in [-0.4, -0.2) is 49.7 Å². The van der Waals surface area contributed by atoms with Crippen LogP contribution in [0.4, 0.5) is 0 Å². The summed E-state index contributed by atoms with van der Waals surface area (Å²) in [6.07, 6.45) is -5.42. The van der Waals surface area contributed by atoms with Gasteiger partial charge in [-0.2, -0.15) is 0 Å². The van der Waals surface area contributed by atoms with Crippen molar-refractivity contribution in [2.24, 2.45) is 0 Å². The van der Waals surface area contributed by atoms with E-state index >= 15 is 0 Å². The van der Waals surface area contributed by atoms with Crippen LogP contribution in [0.1, 0.15) is 12.0 Å². The lowest BCUT2D eigenvalue weighted by Crippen LogP contribution is -2.50. The van der Waals surface area contributed by atoms with Crippen LogP contribution >= 0.6 is 0 Å². The second kappa shape index (κ2) is 5.79. The molecule has 0 aromatic heterocycles. The maximum Gasteiger partial charge on any atom is 0.335 e. The van der Waals surface area contributed by atoms with Gasteiger partial charge < -0.3 is 25.5 Å². The number of aliphatic hydroxyl groups excluding tert-OH is 2. The molecule has 0 radical (unpaired) electrons. The molecule has 0 aliphatic heterocycles. The molecule has 0 heterocycles. The monoisotopic (exact) mass is 270 g/mol. The number of aliphatic carboxylic acids is 2. The van der Waals surface area contributed by atoms with Crippen molar-refractivity contribution in [2.45, 2.75) is 24.2 Å². The molecule has 0 bridgehead atoms. The number of carboxylic acids is 2. The van der Waals surface area contributed by atoms with Crippen LogP contribution in [-0.2, 0) is 15.2 Å². The fourth-order valence-corrected chi connectivity index (χ4v) is 1.73. The van der Waals surface area contributed by atoms with Crippen molar-refractivity contribution in [3.05, 3.63) is 35.9 Å². The van der Waals surface area contributed by atoms with Crippen LogP contribution in [0.15, 0.2) is 30.3 Å². The zero-order valence-corrected chi connectivity index (χ0v) is 9.80. The number of benzene rings is 1. The quantitative estimate of drug-likeness (QED) is 0.454. The van der Waals surface area contributed by atoms with Gasteiger partial charge in [0.25, 0.3) is 0 Å². The zero-order chi connectivity index (χ0) is 14.6. The Hall–Kier alpha value is -1.96. The van der Waals surface area contributed by atoms with Gasteiger partial charge in [-0.15, -0.1) is 0 Å². The molecule has 0 spiro atoms. The Morgan fingerprint density at radius 3 is 2.05 bits per heavy atom. The molecule has 0 saturated carbocycles. The first-order chi connectivity index (χ1) is 8.79. The van der Waals surface area contributed by atoms with E-state index in [9.17, 15) is 24.9 Å². The SMILES string of the molecule is O=C(O)CC(O)(c1ccccc1)C(O)C(O)C(=O)O. The summed E-state index contributed by atoms with van der Waals surface area (Å²) in [5, 5.41) is 46.8. The molecular weight excluding hydrogens is 256 g/mol. The first kappa shape index (κ1) is 15.1. The lowest BCUT2D eigenvalue weighted by atomic mass is 9.82. The maximum absolute atomic E-state index is 10.8. The van der Waals surface area contributed by atoms with Crippen LogP contribution in [0.25, 0.3) is 0 Å². The summed E-state index contributed by atoms with van der Waals surface area (Å²) >= 11 is 0. The van der Waals surface area contributed by atoms with Crippen molar-refractivity contribution >= 4 is 11.9 Å². The van der Waals surface area contributed by atoms with E-state index in [1.54, 1.807) is 6.07 Å². The van der Waals surface area contributed by atoms with Gasteiger partial charge in [-0.05, 0) is 5.56 Å². The van der Waals surface area contributed by atoms with Gasteiger partial charge in [0.2, 0.25) is 0 Å². The summed E-state index contributed by atoms with van der Waals surface area (Å²) in [7, 11) is 0. The molecule has 5 N–H and O–H groups in total. The molecule has 3 atom stereocenters. The molecule has 0 aliphatic rings. The minimum Gasteiger partial charge on any atom is -0.481 e. The minimum atomic E-state index is -2.40. The van der Waals surface area contributed by atoms with E-state index in [-0.39, 0.29) is 5.56 Å². The maximum atomic E-state index is 10.8. The third-order valence-corrected chi connectivity index (χ3v) is 2.74. The van der Waals surface area contributed by atoms with Gasteiger partial charge in [-0.25, -0.2) is 4.79 Å². The molecule has 7 nitrogen and oxygen atoms in total. The van der Waals surface area contributed by atoms with E-state index in [2.05, 4.69) is 0 Å². The smallest absolute Gasteiger partial charge is 0.335 e. The fourth-order valence-electron chi connectivity index (χ4n) is 1.73. The lowest BCUT2D eigenvalue weighted by Gasteiger charge is -2.33. The molecule has 1 rings (SSSR count). The Morgan fingerprint density at radius 1 is 1.11 bits per heavy atom. The van der Waals surface area contributed by atoms with Crippen molar-refractivity contribution in [1.29, 1.82) is 0 Å². The Labute approximate surface area is 108 Å². The molecule has 1 aromatic carbocycles. The van der Waals surface area contributed by atoms with Gasteiger partial charge in [-0.3, -0.25) is 4.79 Å². The van der Waals surface area contributed by atoms with E-state index in [0.717, 1.165) is 0 Å². The molecule has 104 valence electrons. The van der Waals surface area contributed by atoms with Crippen molar-refractivity contribution in [1.82, 2.24) is 0 Å². The summed E-state index contributed by atoms with van der Waals surface area (Å²) in [6.45, 7) is 0. The highest BCUT2D eigenvalue weighted by atomic mass is 16.4. The molecule has 0 aliphatic carbocycles. The number of carbonyl (C=O) groups is 2. The number of aliphatic hydroxyl groups is 3. The molecular formula is C12H14O7. The Kier molecular flexibility index (Phi) is 4.60. The lowest BCUT2D eigenvalue weighted by molar-refractivity contribution is -0.178. The van der Waals surface area contributed by atoms with E-state index in [0.29, 0.717) is 0 Å². The van der Waals surface area contributed by atoms with E-state index in [1.165, 1.54) is 24.3 Å². The van der Waals surface area contributed by atoms with Crippen molar-refractivity contribution in [2.75, 3.05) is 0 Å². The van der Waals surface area contributed by atoms with Gasteiger partial charge in [0.15, 0.2) is 6.10 Å². The van der Waals surface area contributed by atoms with Gasteiger partial charge in [0.05, 0.1) is 6.42 Å². The first-order valence-electron chi connectivity index (χ1n) is 5.37. The molecule has 19 heavy (non-hydrogen) atoms. The van der Waals surface area contributed by atoms with Crippen molar-refractivity contribution in [3.8, 4) is 0 Å². The zero-order valence-electron chi connectivity index (χ0n) is 9.80. The van der Waals surface area contributed by atoms with E-state index < -0.39 is 36.2 Å². The van der Waals surface area contributed by atoms with Gasteiger partial charge in [-0.1, -0.05) is 30.3 Å². The predicted molar refractivity (Wildman–Crippen MR) is 62.2 cm³/mol. The average Bonchev–Trinajstić information content (AvgIpc) is 2.37. The van der Waals surface area contributed by atoms with Gasteiger partial charge in [0.1, 0.15) is 11.7 Å². The second-order valence-electron chi connectivity index (χ2n) is 4.09. The predicted octanol–water partition coefficient (Wildman–Crippen LogP) is -0.845. The highest BCUT2D eigenvalue weighted by Gasteiger charge is 2.45. The van der Waals surface area contributed by atoms with Gasteiger partial charge >= 0.3 is 11.9 Å². The molecule has 0 amide bonds. The third kappa shape index (κ3) is 3.28. The van der Waals surface area contributed by atoms with Crippen molar-refractivity contribution in [3.63, 3.8) is 0 Å². The molecule has 0 fully saturated rings. The van der Waals surface area contributed by atoms with Crippen molar-refractivity contribution < 1.29 is 35.1 Å². The highest BCUT2D eigenvalue weighted by Crippen LogP contribution is 2.30. The average molecular weight is 270 g/mol. The first-order valence-corrected chi connectivity index (χ1v) is 5.37. The minimum absolute atomic E-state index is 0.00481. The van der Waals surface area contributed by atoms with Gasteiger partial charge in [0, 0.05) is 0 Å². The largest absolute Gasteiger partial charge is 0.481 e. The van der Waals surface area contributed by atoms with Crippen LogP contribution in [0.3, 0.4) is 0 Å². The van der Waals surface area contributed by atoms with Crippen LogP contribution < -0.4 is 0 Å². The summed E-state index contributed by atoms with van der Waals surface area (Å²) in [4.78, 5) is 21.4. The fraction of sp³-hybridized carbons (Fsp3) is 0.333. The van der Waals surface area contributed by atoms with E-state index in [4.69, 9.17) is 10.2 Å².